The number of rotatable bonds is 36. The van der Waals surface area contributed by atoms with Gasteiger partial charge in [0.1, 0.15) is 87.5 Å². The van der Waals surface area contributed by atoms with Gasteiger partial charge in [0, 0.05) is 136 Å². The average molecular weight is 1940 g/mol. The van der Waals surface area contributed by atoms with Gasteiger partial charge in [-0.15, -0.1) is 0 Å². The Morgan fingerprint density at radius 2 is 0.684 bits per heavy atom. The van der Waals surface area contributed by atoms with Gasteiger partial charge in [0.25, 0.3) is 0 Å². The van der Waals surface area contributed by atoms with E-state index in [4.69, 9.17) is 128 Å². The van der Waals surface area contributed by atoms with Crippen LogP contribution in [-0.4, -0.2) is 312 Å². The number of allylic oxidation sites excluding steroid dienone is 3. The third kappa shape index (κ3) is 28.1. The van der Waals surface area contributed by atoms with Gasteiger partial charge < -0.3 is 128 Å². The summed E-state index contributed by atoms with van der Waals surface area (Å²) in [6.07, 6.45) is -50.1. The molecule has 5 saturated heterocycles. The highest BCUT2D eigenvalue weighted by atomic mass is 16.8. The maximum atomic E-state index is 14.5. The molecule has 46 heteroatoms. The molecule has 0 N–H and O–H groups in total. The first-order valence-corrected chi connectivity index (χ1v) is 44.5. The van der Waals surface area contributed by atoms with Gasteiger partial charge in [0.15, 0.2) is 110 Å². The third-order valence-corrected chi connectivity index (χ3v) is 24.6. The molecule has 136 heavy (non-hydrogen) atoms. The molecule has 46 nitrogen and oxygen atoms in total. The van der Waals surface area contributed by atoms with E-state index >= 15 is 0 Å². The van der Waals surface area contributed by atoms with Crippen LogP contribution in [0.15, 0.2) is 22.8 Å². The summed E-state index contributed by atoms with van der Waals surface area (Å²) in [4.78, 5) is 256. The molecule has 9 aliphatic rings. The van der Waals surface area contributed by atoms with Crippen LogP contribution < -0.4 is 0 Å². The predicted molar refractivity (Wildman–Crippen MR) is 442 cm³/mol. The van der Waals surface area contributed by atoms with Gasteiger partial charge in [0.05, 0.1) is 13.2 Å². The minimum Gasteiger partial charge on any atom is -0.466 e. The van der Waals surface area contributed by atoms with Gasteiger partial charge in [-0.05, 0) is 85.5 Å². The second-order valence-electron chi connectivity index (χ2n) is 35.3. The van der Waals surface area contributed by atoms with E-state index in [-0.39, 0.29) is 67.5 Å². The van der Waals surface area contributed by atoms with Gasteiger partial charge in [-0.3, -0.25) is 91.1 Å². The number of fused-ring (bicyclic) bond motifs is 5. The first-order valence-electron chi connectivity index (χ1n) is 44.5. The third-order valence-electron chi connectivity index (χ3n) is 24.6. The summed E-state index contributed by atoms with van der Waals surface area (Å²) in [6, 6.07) is 0. The van der Waals surface area contributed by atoms with Crippen molar-refractivity contribution in [2.24, 2.45) is 34.5 Å². The van der Waals surface area contributed by atoms with E-state index in [1.54, 1.807) is 6.92 Å². The number of esters is 17. The summed E-state index contributed by atoms with van der Waals surface area (Å²) >= 11 is 0. The Labute approximate surface area is 782 Å². The van der Waals surface area contributed by atoms with Crippen LogP contribution in [-0.2, 0) is 219 Å². The molecule has 0 radical (unpaired) electrons. The van der Waals surface area contributed by atoms with E-state index in [9.17, 15) is 91.1 Å². The maximum absolute atomic E-state index is 14.5. The fourth-order valence-corrected chi connectivity index (χ4v) is 19.6. The van der Waals surface area contributed by atoms with E-state index in [0.29, 0.717) is 36.8 Å². The zero-order chi connectivity index (χ0) is 101. The first-order chi connectivity index (χ1) is 63.8. The van der Waals surface area contributed by atoms with Gasteiger partial charge in [-0.1, -0.05) is 32.4 Å². The summed E-state index contributed by atoms with van der Waals surface area (Å²) in [5.41, 5.74) is 0.176. The molecule has 5 aliphatic heterocycles. The van der Waals surface area contributed by atoms with E-state index in [0.717, 1.165) is 109 Å². The van der Waals surface area contributed by atoms with Crippen LogP contribution >= 0.6 is 0 Å². The van der Waals surface area contributed by atoms with E-state index in [1.165, 1.54) is 13.8 Å². The smallest absolute Gasteiger partial charge is 0.303 e. The Morgan fingerprint density at radius 3 is 1.12 bits per heavy atom. The summed E-state index contributed by atoms with van der Waals surface area (Å²) in [6.45, 7) is 19.2. The number of carbonyl (C=O) groups excluding carboxylic acids is 19. The molecule has 0 aromatic heterocycles. The quantitative estimate of drug-likeness (QED) is 0.0376. The van der Waals surface area contributed by atoms with Crippen LogP contribution in [0.2, 0.25) is 0 Å². The lowest BCUT2D eigenvalue weighted by Crippen LogP contribution is -2.70. The van der Waals surface area contributed by atoms with Crippen LogP contribution in [0.3, 0.4) is 0 Å². The highest BCUT2D eigenvalue weighted by Gasteiger charge is 2.66. The van der Waals surface area contributed by atoms with Gasteiger partial charge in [-0.25, -0.2) is 0 Å². The molecule has 4 aliphatic carbocycles. The topological polar surface area (TPSA) is 574 Å². The molecule has 0 amide bonds. The van der Waals surface area contributed by atoms with Crippen LogP contribution in [0.25, 0.3) is 0 Å². The minimum atomic E-state index is -2.57. The second-order valence-corrected chi connectivity index (χ2v) is 35.3. The number of ketones is 2. The Bertz CT molecular complexity index is 4510. The molecular formula is C90H122O46. The van der Waals surface area contributed by atoms with Crippen molar-refractivity contribution in [1.82, 2.24) is 0 Å². The molecule has 3 saturated carbocycles. The SMILES string of the molecule is CC(=O)OC[C@H](C)CCC(=O)/C(C)=C1\C(=O)C[C@H]2[C@@H]3CC=C4C[C@@H](O[C@@H]5O[C@H](COC(C)=O)[C@H](O[C@@H]6O[C@H](COC(C)=O)[C@@H](OC(C)=O)[C@H](O[C@@H]7OC[C@@H](OC(C)=O)[C@H](OC(C)=O)[C@H]7OC(C)=O)[C@H]6O[C@@H]6O[C@H](COC(C)=O)[C@@H](OC(C)=O)[C@H](O[C@@H]7O[C@H](COC(C)=O)[C@@H](OC(C)=O)[C@H](OC(C)=O)[C@H]7OC(C)=O)[C@H]6OC(C)=O)[C@H](OC(C)=O)[C@H]5OC(C)=O)[C@H](OC(C)=O)C[C@]4(C)[C@H]3CC[C@]12C. The number of ether oxygens (including phenoxy) is 27. The molecule has 0 aromatic rings. The summed E-state index contributed by atoms with van der Waals surface area (Å²) in [7, 11) is 0. The Hall–Kier alpha value is -10.6. The lowest BCUT2D eigenvalue weighted by molar-refractivity contribution is -0.409. The van der Waals surface area contributed by atoms with Crippen molar-refractivity contribution in [2.75, 3.05) is 39.6 Å². The molecule has 0 bridgehead atoms. The summed E-state index contributed by atoms with van der Waals surface area (Å²) < 4.78 is 166. The van der Waals surface area contributed by atoms with Crippen molar-refractivity contribution >= 4 is 113 Å². The van der Waals surface area contributed by atoms with Gasteiger partial charge >= 0.3 is 101 Å². The van der Waals surface area contributed by atoms with Crippen molar-refractivity contribution in [2.45, 2.75) is 356 Å². The molecule has 9 rings (SSSR count). The number of Topliss-reactive ketones (excluding diaryl/α,β-unsaturated/α-hetero) is 2. The number of hydrogen-bond donors (Lipinski definition) is 0. The molecule has 5 heterocycles. The normalized spacial score (nSPS) is 35.0. The average Bonchev–Trinajstić information content (AvgIpc) is 1.45. The molecule has 32 atom stereocenters. The van der Waals surface area contributed by atoms with Gasteiger partial charge in [0.2, 0.25) is 0 Å². The fourth-order valence-electron chi connectivity index (χ4n) is 19.6. The van der Waals surface area contributed by atoms with Crippen LogP contribution in [0.4, 0.5) is 0 Å². The Balaban J connectivity index is 1.23. The fraction of sp³-hybridized carbons (Fsp3) is 0.744. The zero-order valence-electron chi connectivity index (χ0n) is 79.6. The number of hydrogen-bond acceptors (Lipinski definition) is 46. The zero-order valence-corrected chi connectivity index (χ0v) is 79.6. The lowest BCUT2D eigenvalue weighted by Gasteiger charge is -2.58. The minimum absolute atomic E-state index is 0.0412. The monoisotopic (exact) mass is 1940 g/mol. The van der Waals surface area contributed by atoms with Crippen LogP contribution in [0.5, 0.6) is 0 Å². The van der Waals surface area contributed by atoms with Crippen molar-refractivity contribution in [3.05, 3.63) is 22.8 Å². The summed E-state index contributed by atoms with van der Waals surface area (Å²) in [5, 5.41) is 0. The molecule has 0 unspecified atom stereocenters. The van der Waals surface area contributed by atoms with E-state index in [1.807, 2.05) is 26.8 Å². The lowest BCUT2D eigenvalue weighted by atomic mass is 9.47. The second kappa shape index (κ2) is 47.6. The number of carbonyl (C=O) groups is 19. The highest BCUT2D eigenvalue weighted by Crippen LogP contribution is 2.66. The Kier molecular flexibility index (Phi) is 38.2. The van der Waals surface area contributed by atoms with Crippen LogP contribution in [0.1, 0.15) is 197 Å². The molecule has 8 fully saturated rings. The molecule has 0 aromatic carbocycles. The summed E-state index contributed by atoms with van der Waals surface area (Å²) in [5.74, 6) is -19.0. The predicted octanol–water partition coefficient (Wildman–Crippen LogP) is 3.22. The first kappa shape index (κ1) is 109. The van der Waals surface area contributed by atoms with Crippen molar-refractivity contribution in [3.8, 4) is 0 Å². The highest BCUT2D eigenvalue weighted by molar-refractivity contribution is 6.08. The molecular weight excluding hydrogens is 1820 g/mol. The van der Waals surface area contributed by atoms with Crippen molar-refractivity contribution in [3.63, 3.8) is 0 Å². The largest absolute Gasteiger partial charge is 0.466 e. The van der Waals surface area contributed by atoms with Crippen LogP contribution in [0, 0.1) is 34.5 Å². The maximum Gasteiger partial charge on any atom is 0.303 e. The van der Waals surface area contributed by atoms with Gasteiger partial charge in [-0.2, -0.15) is 0 Å². The molecule has 758 valence electrons. The standard InChI is InChI=1S/C90H122O46/c1-37(31-110-39(3)91)22-25-60(108)38(2)69-61(109)29-59-57-24-23-56-28-62(63(116-44(8)96)30-90(56,21)58(57)26-27-89(59,69)20)128-85-80(125-53(17)105)76(123-51(15)103)73(68(129-85)35-114-43(7)95)133-88-83(78(72(120-48(12)100)67(132-88)34-113-42(6)94)134-84-79(124-52(16)104)74(121-49(13)101)64(36-115-84)117-45(9)97)136-87-82(127-55(19)107)77(71(119-47(11)99)66(131-87)33-112-41(5)93)135-86-81(126-54(18)106)75(122-50(14)102)70(118-46(10)98)65(130-86)32-111-40(4)92/h23,37,57-59,62-68,70-88H,22,24-36H2,1-21H3/b69-38+/t37-,57-,58+,59+,62-,63-,64-,65-,66-,67-,68-,70-,71-,72-,73+,74+,75+,76+,77+,78+,79-,80-,81-,82-,83-,84+,85-,86+,87+,88+,89+,90+/m1/s1. The van der Waals surface area contributed by atoms with Crippen molar-refractivity contribution in [1.29, 1.82) is 0 Å². The van der Waals surface area contributed by atoms with E-state index in [2.05, 4.69) is 0 Å². The van der Waals surface area contributed by atoms with E-state index < -0.39 is 305 Å². The Morgan fingerprint density at radius 1 is 0.346 bits per heavy atom. The molecule has 0 spiro atoms. The van der Waals surface area contributed by atoms with Crippen molar-refractivity contribution < 1.29 is 219 Å².